The van der Waals surface area contributed by atoms with Crippen LogP contribution in [-0.2, 0) is 54.9 Å². The van der Waals surface area contributed by atoms with Crippen LogP contribution in [0.4, 0.5) is 16.2 Å². The first-order chi connectivity index (χ1) is 33.4. The molecule has 0 bridgehead atoms. The summed E-state index contributed by atoms with van der Waals surface area (Å²) in [7, 11) is 2.22. The Balaban J connectivity index is 1.39. The Bertz CT molecular complexity index is 2870. The average Bonchev–Trinajstić information content (AvgIpc) is 3.82. The van der Waals surface area contributed by atoms with E-state index < -0.39 is 95.4 Å². The van der Waals surface area contributed by atoms with Gasteiger partial charge in [0.05, 0.1) is 49.4 Å². The molecule has 0 aliphatic carbocycles. The summed E-state index contributed by atoms with van der Waals surface area (Å²) >= 11 is 0. The van der Waals surface area contributed by atoms with Crippen LogP contribution >= 0.6 is 0 Å². The van der Waals surface area contributed by atoms with Crippen molar-refractivity contribution in [2.45, 2.75) is 42.7 Å². The van der Waals surface area contributed by atoms with E-state index >= 15 is 9.59 Å². The lowest BCUT2D eigenvalue weighted by Gasteiger charge is -2.46. The number of nitro benzene ring substituents is 1. The van der Waals surface area contributed by atoms with Gasteiger partial charge < -0.3 is 34.5 Å². The Labute approximate surface area is 394 Å². The van der Waals surface area contributed by atoms with Gasteiger partial charge in [-0.3, -0.25) is 39.0 Å². The first kappa shape index (κ1) is 47.1. The molecule has 2 saturated heterocycles. The highest BCUT2D eigenvalue weighted by Gasteiger charge is 2.76. The van der Waals surface area contributed by atoms with Crippen LogP contribution in [0.1, 0.15) is 58.0 Å². The lowest BCUT2D eigenvalue weighted by molar-refractivity contribution is -0.384. The van der Waals surface area contributed by atoms with E-state index in [2.05, 4.69) is 11.8 Å². The van der Waals surface area contributed by atoms with Crippen molar-refractivity contribution in [3.05, 3.63) is 171 Å². The summed E-state index contributed by atoms with van der Waals surface area (Å²) in [5.41, 5.74) is 5.96. The minimum atomic E-state index is -2.30. The Morgan fingerprint density at radius 1 is 0.855 bits per heavy atom. The zero-order valence-corrected chi connectivity index (χ0v) is 37.1. The van der Waals surface area contributed by atoms with Crippen LogP contribution in [0.2, 0.25) is 0 Å². The Hall–Kier alpha value is -8.40. The normalized spacial score (nSPS) is 21.3. The zero-order chi connectivity index (χ0) is 49.0. The van der Waals surface area contributed by atoms with E-state index in [4.69, 9.17) is 29.4 Å². The zero-order valence-electron chi connectivity index (χ0n) is 37.1. The second kappa shape index (κ2) is 19.8. The first-order valence-corrected chi connectivity index (χ1v) is 21.6. The molecule has 2 fully saturated rings. The number of carbonyl (C=O) groups excluding carboxylic acids is 6. The quantitative estimate of drug-likeness (QED) is 0.0387. The number of rotatable bonds is 13. The number of fused-ring (bicyclic) bond motifs is 3. The van der Waals surface area contributed by atoms with Crippen molar-refractivity contribution in [2.75, 3.05) is 32.3 Å². The molecule has 69 heavy (non-hydrogen) atoms. The third kappa shape index (κ3) is 8.49. The molecule has 0 saturated carbocycles. The van der Waals surface area contributed by atoms with Crippen molar-refractivity contribution in [2.24, 2.45) is 17.6 Å². The summed E-state index contributed by atoms with van der Waals surface area (Å²) in [6.45, 7) is -1.04. The Morgan fingerprint density at radius 3 is 2.12 bits per heavy atom. The SMILES string of the molecule is COC(=O)C(CC#Cc1ccc2c(c1)C1(C(=O)N2C(=O)OCc2ccc([N+](=O)[O-])cc2)C(C(N)=O)C2C(=O)OC(c3ccccc3)C(c3ccccc3)N2C1c1ccccc1OCCO)C(=O)OC. The largest absolute Gasteiger partial charge is 0.491 e. The van der Waals surface area contributed by atoms with Crippen molar-refractivity contribution >= 4 is 47.2 Å². The second-order valence-electron chi connectivity index (χ2n) is 16.2. The van der Waals surface area contributed by atoms with Crippen LogP contribution in [0.5, 0.6) is 5.75 Å². The van der Waals surface area contributed by atoms with E-state index in [0.717, 1.165) is 19.1 Å². The van der Waals surface area contributed by atoms with E-state index in [1.807, 2.05) is 12.1 Å². The van der Waals surface area contributed by atoms with Gasteiger partial charge in [0.15, 0.2) is 5.92 Å². The maximum absolute atomic E-state index is 16.2. The van der Waals surface area contributed by atoms with E-state index in [1.54, 1.807) is 77.7 Å². The fourth-order valence-corrected chi connectivity index (χ4v) is 9.69. The lowest BCUT2D eigenvalue weighted by Crippen LogP contribution is -2.55. The van der Waals surface area contributed by atoms with Gasteiger partial charge in [-0.15, -0.1) is 0 Å². The molecule has 5 aromatic rings. The number of nitrogens with zero attached hydrogens (tertiary/aromatic N) is 3. The van der Waals surface area contributed by atoms with E-state index in [9.17, 15) is 34.4 Å². The molecule has 352 valence electrons. The first-order valence-electron chi connectivity index (χ1n) is 21.6. The van der Waals surface area contributed by atoms with Crippen molar-refractivity contribution < 1.29 is 62.5 Å². The summed E-state index contributed by atoms with van der Waals surface area (Å²) in [4.78, 5) is 98.8. The van der Waals surface area contributed by atoms with Crippen molar-refractivity contribution in [3.8, 4) is 17.6 Å². The number of aliphatic hydroxyl groups is 1. The number of non-ortho nitro benzene ring substituents is 1. The molecule has 3 heterocycles. The predicted octanol–water partition coefficient (Wildman–Crippen LogP) is 5.16. The second-order valence-corrected chi connectivity index (χ2v) is 16.2. The minimum absolute atomic E-state index is 0.0279. The van der Waals surface area contributed by atoms with Gasteiger partial charge in [0, 0.05) is 29.7 Å². The highest BCUT2D eigenvalue weighted by Crippen LogP contribution is 2.66. The maximum Gasteiger partial charge on any atom is 0.421 e. The summed E-state index contributed by atoms with van der Waals surface area (Å²) in [5.74, 6) is -2.05. The van der Waals surface area contributed by atoms with Crippen LogP contribution in [-0.4, -0.2) is 84.2 Å². The van der Waals surface area contributed by atoms with Crippen molar-refractivity contribution in [1.29, 1.82) is 0 Å². The number of cyclic esters (lactones) is 1. The van der Waals surface area contributed by atoms with Gasteiger partial charge in [-0.2, -0.15) is 0 Å². The fourth-order valence-electron chi connectivity index (χ4n) is 9.69. The number of benzene rings is 5. The number of anilines is 1. The number of methoxy groups -OCH3 is 2. The molecular weight excluding hydrogens is 893 g/mol. The third-order valence-corrected chi connectivity index (χ3v) is 12.5. The van der Waals surface area contributed by atoms with Gasteiger partial charge >= 0.3 is 24.0 Å². The number of nitro groups is 1. The number of amides is 3. The molecule has 6 unspecified atom stereocenters. The summed E-state index contributed by atoms with van der Waals surface area (Å²) < 4.78 is 27.9. The molecule has 0 radical (unpaired) electrons. The van der Waals surface area contributed by atoms with E-state index in [1.165, 1.54) is 42.5 Å². The molecular formula is C51H44N4O14. The number of morpholine rings is 1. The summed E-state index contributed by atoms with van der Waals surface area (Å²) in [6, 6.07) is 30.2. The van der Waals surface area contributed by atoms with Gasteiger partial charge in [-0.25, -0.2) is 9.69 Å². The summed E-state index contributed by atoms with van der Waals surface area (Å²) in [6.07, 6.45) is -2.58. The number of ether oxygens (including phenoxy) is 5. The monoisotopic (exact) mass is 936 g/mol. The Kier molecular flexibility index (Phi) is 13.5. The molecule has 18 nitrogen and oxygen atoms in total. The van der Waals surface area contributed by atoms with Crippen molar-refractivity contribution in [3.63, 3.8) is 0 Å². The molecule has 18 heteroatoms. The van der Waals surface area contributed by atoms with Crippen LogP contribution in [0.3, 0.4) is 0 Å². The summed E-state index contributed by atoms with van der Waals surface area (Å²) in [5, 5.41) is 21.3. The molecule has 1 spiro atoms. The molecule has 3 amide bonds. The van der Waals surface area contributed by atoms with E-state index in [0.29, 0.717) is 16.7 Å². The van der Waals surface area contributed by atoms with Gasteiger partial charge in [0.25, 0.3) is 5.69 Å². The standard InChI is InChI=1S/C51H44N4O14/c1-65-46(58)36(47(59)66-2)18-11-12-30-22-25-38-37(28-30)51(49(61)53(38)50(62)68-29-31-20-23-34(24-21-31)55(63)64)40(45(52)57)42-48(60)69-43(33-15-7-4-8-16-33)41(32-13-5-3-6-14-32)54(42)44(51)35-17-9-10-19-39(35)67-27-26-56/h3-10,13-17,19-25,28,36,40-44,56H,18,26-27,29H2,1-2H3,(H2,52,57). The van der Waals surface area contributed by atoms with E-state index in [-0.39, 0.29) is 46.8 Å². The average molecular weight is 937 g/mol. The third-order valence-electron chi connectivity index (χ3n) is 12.5. The fraction of sp³-hybridized carbons (Fsp3) is 0.255. The van der Waals surface area contributed by atoms with Crippen LogP contribution in [0.15, 0.2) is 127 Å². The number of primary amides is 1. The highest BCUT2D eigenvalue weighted by molar-refractivity contribution is 6.23. The number of imide groups is 1. The molecule has 3 aliphatic heterocycles. The minimum Gasteiger partial charge on any atom is -0.491 e. The van der Waals surface area contributed by atoms with Crippen LogP contribution in [0, 0.1) is 33.8 Å². The van der Waals surface area contributed by atoms with Gasteiger partial charge in [-0.1, -0.05) is 90.7 Å². The predicted molar refractivity (Wildman–Crippen MR) is 242 cm³/mol. The van der Waals surface area contributed by atoms with Crippen molar-refractivity contribution in [1.82, 2.24) is 4.90 Å². The Morgan fingerprint density at radius 2 is 1.49 bits per heavy atom. The molecule has 3 aliphatic rings. The lowest BCUT2D eigenvalue weighted by atomic mass is 9.65. The number of aliphatic hydroxyl groups excluding tert-OH is 1. The molecule has 6 atom stereocenters. The topological polar surface area (TPSA) is 244 Å². The number of hydrogen-bond donors (Lipinski definition) is 2. The molecule has 8 rings (SSSR count). The van der Waals surface area contributed by atoms with Gasteiger partial charge in [0.1, 0.15) is 36.5 Å². The number of hydrogen-bond acceptors (Lipinski definition) is 15. The smallest absolute Gasteiger partial charge is 0.421 e. The number of nitrogens with two attached hydrogens (primary N) is 1. The molecule has 5 aromatic carbocycles. The number of esters is 3. The molecule has 0 aromatic heterocycles. The maximum atomic E-state index is 16.2. The highest BCUT2D eigenvalue weighted by atomic mass is 16.6. The van der Waals surface area contributed by atoms with Crippen LogP contribution < -0.4 is 15.4 Å². The number of para-hydroxylation sites is 1. The number of carbonyl (C=O) groups is 6. The van der Waals surface area contributed by atoms with Crippen LogP contribution in [0.25, 0.3) is 0 Å². The van der Waals surface area contributed by atoms with Gasteiger partial charge in [0.2, 0.25) is 11.8 Å². The molecule has 3 N–H and O–H groups in total. The van der Waals surface area contributed by atoms with Gasteiger partial charge in [-0.05, 0) is 58.7 Å².